The summed E-state index contributed by atoms with van der Waals surface area (Å²) in [5, 5.41) is 8.54. The molecule has 2 nitrogen and oxygen atoms in total. The summed E-state index contributed by atoms with van der Waals surface area (Å²) in [4.78, 5) is 10.5. The summed E-state index contributed by atoms with van der Waals surface area (Å²) >= 11 is -0.172. The third-order valence-corrected chi connectivity index (χ3v) is 3.12. The zero-order chi connectivity index (χ0) is 13.1. The van der Waals surface area contributed by atoms with Gasteiger partial charge in [-0.2, -0.15) is 13.2 Å². The number of benzene rings is 1. The van der Waals surface area contributed by atoms with Gasteiger partial charge in [0.2, 0.25) is 0 Å². The van der Waals surface area contributed by atoms with Crippen LogP contribution in [0.1, 0.15) is 17.5 Å². The Balaban J connectivity index is 2.87. The van der Waals surface area contributed by atoms with Crippen LogP contribution in [-0.2, 0) is 11.2 Å². The van der Waals surface area contributed by atoms with Gasteiger partial charge in [-0.15, -0.1) is 0 Å². The van der Waals surface area contributed by atoms with Crippen molar-refractivity contribution < 1.29 is 23.1 Å². The van der Waals surface area contributed by atoms with Crippen molar-refractivity contribution in [3.63, 3.8) is 0 Å². The van der Waals surface area contributed by atoms with Crippen molar-refractivity contribution in [3.05, 3.63) is 29.3 Å². The van der Waals surface area contributed by atoms with Crippen LogP contribution in [0.2, 0.25) is 0 Å². The third kappa shape index (κ3) is 4.68. The summed E-state index contributed by atoms with van der Waals surface area (Å²) in [5.41, 5.74) is -3.19. The minimum Gasteiger partial charge on any atom is -0.481 e. The molecule has 1 rings (SSSR count). The Morgan fingerprint density at radius 1 is 1.41 bits per heavy atom. The van der Waals surface area contributed by atoms with E-state index in [1.165, 1.54) is 12.1 Å². The van der Waals surface area contributed by atoms with Gasteiger partial charge in [0.1, 0.15) is 0 Å². The van der Waals surface area contributed by atoms with Crippen LogP contribution in [0.4, 0.5) is 13.2 Å². The fourth-order valence-corrected chi connectivity index (χ4v) is 2.09. The number of hydrogen-bond donors (Lipinski definition) is 1. The summed E-state index contributed by atoms with van der Waals surface area (Å²) < 4.78 is 36.7. The molecule has 0 aliphatic rings. The van der Waals surface area contributed by atoms with Crippen molar-refractivity contribution >= 4 is 17.7 Å². The first-order valence-corrected chi connectivity index (χ1v) is 5.67. The molecule has 0 spiro atoms. The first kappa shape index (κ1) is 13.9. The molecule has 1 aromatic carbocycles. The molecule has 0 saturated heterocycles. The smallest absolute Gasteiger partial charge is 0.446 e. The van der Waals surface area contributed by atoms with Crippen LogP contribution in [0.5, 0.6) is 0 Å². The lowest BCUT2D eigenvalue weighted by atomic mass is 10.0. The number of carboxylic acids is 1. The average molecular weight is 264 g/mol. The SMILES string of the molecule is Cc1c(CCC(=O)O)cccc1SC(F)(F)F. The average Bonchev–Trinajstić information content (AvgIpc) is 2.17. The molecular formula is C11H11F3O2S. The van der Waals surface area contributed by atoms with Crippen LogP contribution in [0.15, 0.2) is 23.1 Å². The molecule has 0 amide bonds. The summed E-state index contributed by atoms with van der Waals surface area (Å²) in [6.07, 6.45) is 0.161. The molecule has 0 heterocycles. The fraction of sp³-hybridized carbons (Fsp3) is 0.364. The number of aliphatic carboxylic acids is 1. The minimum absolute atomic E-state index is 0.0824. The second-order valence-corrected chi connectivity index (χ2v) is 4.59. The lowest BCUT2D eigenvalue weighted by Crippen LogP contribution is -2.03. The van der Waals surface area contributed by atoms with E-state index in [1.807, 2.05) is 0 Å². The highest BCUT2D eigenvalue weighted by molar-refractivity contribution is 8.00. The van der Waals surface area contributed by atoms with Gasteiger partial charge in [-0.1, -0.05) is 12.1 Å². The van der Waals surface area contributed by atoms with Crippen LogP contribution in [-0.4, -0.2) is 16.6 Å². The third-order valence-electron chi connectivity index (χ3n) is 2.23. The van der Waals surface area contributed by atoms with Gasteiger partial charge in [-0.3, -0.25) is 4.79 Å². The highest BCUT2D eigenvalue weighted by Crippen LogP contribution is 2.39. The number of hydrogen-bond acceptors (Lipinski definition) is 2. The van der Waals surface area contributed by atoms with E-state index in [2.05, 4.69) is 0 Å². The number of aryl methyl sites for hydroxylation is 1. The molecule has 1 aromatic rings. The lowest BCUT2D eigenvalue weighted by molar-refractivity contribution is -0.136. The Bertz CT molecular complexity index is 416. The van der Waals surface area contributed by atoms with Crippen molar-refractivity contribution in [2.45, 2.75) is 30.2 Å². The number of rotatable bonds is 4. The summed E-state index contributed by atoms with van der Waals surface area (Å²) in [6, 6.07) is 4.55. The molecule has 0 radical (unpaired) electrons. The Hall–Kier alpha value is -1.17. The van der Waals surface area contributed by atoms with E-state index in [0.717, 1.165) is 0 Å². The van der Waals surface area contributed by atoms with E-state index >= 15 is 0 Å². The van der Waals surface area contributed by atoms with Gasteiger partial charge < -0.3 is 5.11 Å². The summed E-state index contributed by atoms with van der Waals surface area (Å²) in [7, 11) is 0. The number of halogens is 3. The first-order chi connectivity index (χ1) is 7.79. The molecule has 1 N–H and O–H groups in total. The number of carbonyl (C=O) groups is 1. The quantitative estimate of drug-likeness (QED) is 0.844. The van der Waals surface area contributed by atoms with Crippen molar-refractivity contribution in [1.82, 2.24) is 0 Å². The predicted molar refractivity (Wildman–Crippen MR) is 59.0 cm³/mol. The highest BCUT2D eigenvalue weighted by atomic mass is 32.2. The second kappa shape index (κ2) is 5.44. The number of carboxylic acid groups (broad SMARTS) is 1. The molecule has 0 saturated carbocycles. The lowest BCUT2D eigenvalue weighted by Gasteiger charge is -2.11. The van der Waals surface area contributed by atoms with E-state index in [-0.39, 0.29) is 29.5 Å². The van der Waals surface area contributed by atoms with Crippen LogP contribution in [0.3, 0.4) is 0 Å². The zero-order valence-corrected chi connectivity index (χ0v) is 9.86. The molecule has 0 aliphatic carbocycles. The molecule has 0 fully saturated rings. The standard InChI is InChI=1S/C11H11F3O2S/c1-7-8(5-6-10(15)16)3-2-4-9(7)17-11(12,13)14/h2-4H,5-6H2,1H3,(H,15,16). The normalized spacial score (nSPS) is 11.5. The van der Waals surface area contributed by atoms with Gasteiger partial charge in [0.25, 0.3) is 0 Å². The van der Waals surface area contributed by atoms with Gasteiger partial charge >= 0.3 is 11.5 Å². The first-order valence-electron chi connectivity index (χ1n) is 4.85. The Kier molecular flexibility index (Phi) is 4.45. The van der Waals surface area contributed by atoms with E-state index in [9.17, 15) is 18.0 Å². The van der Waals surface area contributed by atoms with Gasteiger partial charge in [0.05, 0.1) is 0 Å². The van der Waals surface area contributed by atoms with E-state index in [0.29, 0.717) is 11.1 Å². The van der Waals surface area contributed by atoms with Crippen molar-refractivity contribution in [2.75, 3.05) is 0 Å². The van der Waals surface area contributed by atoms with E-state index in [1.54, 1.807) is 13.0 Å². The van der Waals surface area contributed by atoms with Crippen molar-refractivity contribution in [3.8, 4) is 0 Å². The molecule has 0 aromatic heterocycles. The van der Waals surface area contributed by atoms with Gasteiger partial charge in [-0.05, 0) is 42.3 Å². The van der Waals surface area contributed by atoms with Crippen LogP contribution < -0.4 is 0 Å². The predicted octanol–water partition coefficient (Wildman–Crippen LogP) is 3.62. The topological polar surface area (TPSA) is 37.3 Å². The van der Waals surface area contributed by atoms with Gasteiger partial charge in [-0.25, -0.2) is 0 Å². The summed E-state index contributed by atoms with van der Waals surface area (Å²) in [5.74, 6) is -0.960. The zero-order valence-electron chi connectivity index (χ0n) is 9.04. The van der Waals surface area contributed by atoms with Crippen molar-refractivity contribution in [1.29, 1.82) is 0 Å². The van der Waals surface area contributed by atoms with Crippen LogP contribution in [0, 0.1) is 6.92 Å². The molecule has 0 aliphatic heterocycles. The van der Waals surface area contributed by atoms with Gasteiger partial charge in [0.15, 0.2) is 0 Å². The van der Waals surface area contributed by atoms with Crippen LogP contribution in [0.25, 0.3) is 0 Å². The molecule has 0 unspecified atom stereocenters. The minimum atomic E-state index is -4.32. The molecular weight excluding hydrogens is 253 g/mol. The highest BCUT2D eigenvalue weighted by Gasteiger charge is 2.30. The van der Waals surface area contributed by atoms with E-state index < -0.39 is 11.5 Å². The molecule has 94 valence electrons. The maximum Gasteiger partial charge on any atom is 0.446 e. The monoisotopic (exact) mass is 264 g/mol. The Morgan fingerprint density at radius 3 is 2.59 bits per heavy atom. The number of thioether (sulfide) groups is 1. The Morgan fingerprint density at radius 2 is 2.06 bits per heavy atom. The second-order valence-electron chi connectivity index (χ2n) is 3.48. The molecule has 0 atom stereocenters. The number of alkyl halides is 3. The Labute approximate surface area is 101 Å². The maximum atomic E-state index is 12.2. The molecule has 17 heavy (non-hydrogen) atoms. The van der Waals surface area contributed by atoms with E-state index in [4.69, 9.17) is 5.11 Å². The van der Waals surface area contributed by atoms with Crippen molar-refractivity contribution in [2.24, 2.45) is 0 Å². The molecule has 0 bridgehead atoms. The summed E-state index contributed by atoms with van der Waals surface area (Å²) in [6.45, 7) is 1.57. The molecule has 6 heteroatoms. The maximum absolute atomic E-state index is 12.2. The van der Waals surface area contributed by atoms with Crippen LogP contribution >= 0.6 is 11.8 Å². The van der Waals surface area contributed by atoms with Gasteiger partial charge in [0, 0.05) is 11.3 Å². The fourth-order valence-electron chi connectivity index (χ4n) is 1.41. The largest absolute Gasteiger partial charge is 0.481 e.